The van der Waals surface area contributed by atoms with Crippen LogP contribution in [0.3, 0.4) is 0 Å². The molecule has 0 unspecified atom stereocenters. The molecule has 7 heteroatoms. The second-order valence-electron chi connectivity index (χ2n) is 6.52. The van der Waals surface area contributed by atoms with E-state index in [1.807, 2.05) is 12.1 Å². The average molecular weight is 420 g/mol. The van der Waals surface area contributed by atoms with Crippen molar-refractivity contribution in [2.24, 2.45) is 0 Å². The third kappa shape index (κ3) is 3.81. The standard InChI is InChI=1S/C23H14ClNO5/c24-19-10-9-16(12-18(19)22(27)28)25-21(26)14-7-5-13(6-8-14)17-11-15-3-1-2-4-20(15)30-23(17)29/h1-12H,(H,25,26)(H,27,28). The van der Waals surface area contributed by atoms with Gasteiger partial charge in [0.25, 0.3) is 5.91 Å². The van der Waals surface area contributed by atoms with Gasteiger partial charge < -0.3 is 14.8 Å². The van der Waals surface area contributed by atoms with E-state index in [2.05, 4.69) is 5.32 Å². The summed E-state index contributed by atoms with van der Waals surface area (Å²) >= 11 is 5.84. The number of carbonyl (C=O) groups excluding carboxylic acids is 1. The molecule has 0 saturated heterocycles. The molecule has 3 aromatic carbocycles. The van der Waals surface area contributed by atoms with Gasteiger partial charge in [0.2, 0.25) is 0 Å². The molecule has 1 amide bonds. The number of carboxylic acid groups (broad SMARTS) is 1. The quantitative estimate of drug-likeness (QED) is 0.450. The fourth-order valence-electron chi connectivity index (χ4n) is 3.03. The van der Waals surface area contributed by atoms with E-state index in [4.69, 9.17) is 21.1 Å². The van der Waals surface area contributed by atoms with Gasteiger partial charge in [-0.25, -0.2) is 9.59 Å². The Bertz CT molecular complexity index is 1340. The summed E-state index contributed by atoms with van der Waals surface area (Å²) in [5.41, 5.74) is 1.60. The smallest absolute Gasteiger partial charge is 0.344 e. The van der Waals surface area contributed by atoms with Crippen molar-refractivity contribution in [1.82, 2.24) is 0 Å². The van der Waals surface area contributed by atoms with E-state index in [0.717, 1.165) is 5.39 Å². The molecule has 0 bridgehead atoms. The van der Waals surface area contributed by atoms with Gasteiger partial charge >= 0.3 is 11.6 Å². The summed E-state index contributed by atoms with van der Waals surface area (Å²) in [5, 5.41) is 12.7. The second-order valence-corrected chi connectivity index (χ2v) is 6.92. The maximum Gasteiger partial charge on any atom is 0.344 e. The number of carboxylic acids is 1. The minimum absolute atomic E-state index is 0.0825. The van der Waals surface area contributed by atoms with Crippen LogP contribution in [0.2, 0.25) is 5.02 Å². The fourth-order valence-corrected chi connectivity index (χ4v) is 3.23. The van der Waals surface area contributed by atoms with Crippen LogP contribution in [0.1, 0.15) is 20.7 Å². The highest BCUT2D eigenvalue weighted by Crippen LogP contribution is 2.23. The van der Waals surface area contributed by atoms with Gasteiger partial charge in [-0.2, -0.15) is 0 Å². The van der Waals surface area contributed by atoms with E-state index in [9.17, 15) is 14.4 Å². The molecular weight excluding hydrogens is 406 g/mol. The van der Waals surface area contributed by atoms with Crippen LogP contribution in [-0.4, -0.2) is 17.0 Å². The molecule has 0 aliphatic heterocycles. The molecule has 4 rings (SSSR count). The zero-order chi connectivity index (χ0) is 21.3. The molecule has 0 fully saturated rings. The number of rotatable bonds is 4. The largest absolute Gasteiger partial charge is 0.478 e. The zero-order valence-corrected chi connectivity index (χ0v) is 16.1. The lowest BCUT2D eigenvalue weighted by Gasteiger charge is -2.08. The molecule has 0 aliphatic rings. The zero-order valence-electron chi connectivity index (χ0n) is 15.4. The summed E-state index contributed by atoms with van der Waals surface area (Å²) in [6, 6.07) is 19.6. The molecule has 1 heterocycles. The molecule has 6 nitrogen and oxygen atoms in total. The topological polar surface area (TPSA) is 96.6 Å². The van der Waals surface area contributed by atoms with Crippen LogP contribution in [0.15, 0.2) is 82.0 Å². The number of hydrogen-bond donors (Lipinski definition) is 2. The van der Waals surface area contributed by atoms with Crippen LogP contribution >= 0.6 is 11.6 Å². The van der Waals surface area contributed by atoms with Crippen LogP contribution in [0.5, 0.6) is 0 Å². The van der Waals surface area contributed by atoms with E-state index < -0.39 is 17.5 Å². The molecule has 1 aromatic heterocycles. The van der Waals surface area contributed by atoms with Gasteiger partial charge in [-0.1, -0.05) is 41.9 Å². The number of amides is 1. The Morgan fingerprint density at radius 3 is 2.40 bits per heavy atom. The van der Waals surface area contributed by atoms with Gasteiger partial charge in [0, 0.05) is 16.6 Å². The Balaban J connectivity index is 1.59. The number of fused-ring (bicyclic) bond motifs is 1. The lowest BCUT2D eigenvalue weighted by atomic mass is 10.0. The van der Waals surface area contributed by atoms with Crippen molar-refractivity contribution in [2.75, 3.05) is 5.32 Å². The van der Waals surface area contributed by atoms with E-state index in [1.54, 1.807) is 42.5 Å². The van der Waals surface area contributed by atoms with Gasteiger partial charge in [-0.15, -0.1) is 0 Å². The van der Waals surface area contributed by atoms with Gasteiger partial charge in [0.15, 0.2) is 0 Å². The van der Waals surface area contributed by atoms with Crippen molar-refractivity contribution >= 4 is 40.1 Å². The van der Waals surface area contributed by atoms with Crippen molar-refractivity contribution in [3.05, 3.63) is 99.4 Å². The number of halogens is 1. The van der Waals surface area contributed by atoms with E-state index in [0.29, 0.717) is 28.0 Å². The van der Waals surface area contributed by atoms with Crippen LogP contribution in [0.25, 0.3) is 22.1 Å². The molecule has 0 aliphatic carbocycles. The van der Waals surface area contributed by atoms with Crippen molar-refractivity contribution in [3.8, 4) is 11.1 Å². The highest BCUT2D eigenvalue weighted by molar-refractivity contribution is 6.33. The molecule has 148 valence electrons. The summed E-state index contributed by atoms with van der Waals surface area (Å²) < 4.78 is 5.35. The maximum absolute atomic E-state index is 12.5. The minimum Gasteiger partial charge on any atom is -0.478 e. The third-order valence-corrected chi connectivity index (χ3v) is 4.88. The van der Waals surface area contributed by atoms with Gasteiger partial charge in [0.05, 0.1) is 16.1 Å². The molecule has 0 saturated carbocycles. The number of anilines is 1. The van der Waals surface area contributed by atoms with E-state index >= 15 is 0 Å². The summed E-state index contributed by atoms with van der Waals surface area (Å²) in [5.74, 6) is -1.61. The molecule has 4 aromatic rings. The van der Waals surface area contributed by atoms with Gasteiger partial charge in [-0.3, -0.25) is 4.79 Å². The summed E-state index contributed by atoms with van der Waals surface area (Å²) in [6.45, 7) is 0. The molecule has 0 atom stereocenters. The monoisotopic (exact) mass is 419 g/mol. The van der Waals surface area contributed by atoms with E-state index in [-0.39, 0.29) is 10.6 Å². The second kappa shape index (κ2) is 7.85. The first-order valence-corrected chi connectivity index (χ1v) is 9.28. The van der Waals surface area contributed by atoms with Crippen molar-refractivity contribution < 1.29 is 19.1 Å². The Hall–Kier alpha value is -3.90. The van der Waals surface area contributed by atoms with Crippen molar-refractivity contribution in [2.45, 2.75) is 0 Å². The highest BCUT2D eigenvalue weighted by atomic mass is 35.5. The fraction of sp³-hybridized carbons (Fsp3) is 0. The van der Waals surface area contributed by atoms with E-state index in [1.165, 1.54) is 18.2 Å². The maximum atomic E-state index is 12.5. The predicted molar refractivity (Wildman–Crippen MR) is 114 cm³/mol. The first kappa shape index (κ1) is 19.4. The van der Waals surface area contributed by atoms with Crippen molar-refractivity contribution in [3.63, 3.8) is 0 Å². The lowest BCUT2D eigenvalue weighted by molar-refractivity contribution is 0.0696. The van der Waals surface area contributed by atoms with Crippen LogP contribution in [-0.2, 0) is 0 Å². The number of aromatic carboxylic acids is 1. The summed E-state index contributed by atoms with van der Waals surface area (Å²) in [4.78, 5) is 36.0. The Labute approximate surface area is 175 Å². The Morgan fingerprint density at radius 1 is 0.933 bits per heavy atom. The van der Waals surface area contributed by atoms with Gasteiger partial charge in [-0.05, 0) is 48.0 Å². The molecule has 0 spiro atoms. The van der Waals surface area contributed by atoms with Crippen LogP contribution in [0, 0.1) is 0 Å². The SMILES string of the molecule is O=C(Nc1ccc(Cl)c(C(=O)O)c1)c1ccc(-c2cc3ccccc3oc2=O)cc1. The molecule has 2 N–H and O–H groups in total. The summed E-state index contributed by atoms with van der Waals surface area (Å²) in [7, 11) is 0. The van der Waals surface area contributed by atoms with Crippen molar-refractivity contribution in [1.29, 1.82) is 0 Å². The first-order valence-electron chi connectivity index (χ1n) is 8.90. The minimum atomic E-state index is -1.19. The third-order valence-electron chi connectivity index (χ3n) is 4.55. The molecular formula is C23H14ClNO5. The van der Waals surface area contributed by atoms with Crippen LogP contribution in [0.4, 0.5) is 5.69 Å². The number of hydrogen-bond acceptors (Lipinski definition) is 4. The normalized spacial score (nSPS) is 10.7. The molecule has 30 heavy (non-hydrogen) atoms. The summed E-state index contributed by atoms with van der Waals surface area (Å²) in [6.07, 6.45) is 0. The highest BCUT2D eigenvalue weighted by Gasteiger charge is 2.13. The Kier molecular flexibility index (Phi) is 5.08. The Morgan fingerprint density at radius 2 is 1.67 bits per heavy atom. The lowest BCUT2D eigenvalue weighted by Crippen LogP contribution is -2.12. The van der Waals surface area contributed by atoms with Gasteiger partial charge in [0.1, 0.15) is 5.58 Å². The molecule has 0 radical (unpaired) electrons. The first-order chi connectivity index (χ1) is 14.4. The number of nitrogens with one attached hydrogen (secondary N) is 1. The van der Waals surface area contributed by atoms with Crippen LogP contribution < -0.4 is 10.9 Å². The number of benzene rings is 3. The predicted octanol–water partition coefficient (Wildman–Crippen LogP) is 5.06. The average Bonchev–Trinajstić information content (AvgIpc) is 2.74. The number of para-hydroxylation sites is 1. The number of carbonyl (C=O) groups is 2.